The molecule has 0 amide bonds. The molecule has 0 aliphatic rings. The summed E-state index contributed by atoms with van der Waals surface area (Å²) in [6, 6.07) is 4.59. The van der Waals surface area contributed by atoms with Crippen LogP contribution in [0.3, 0.4) is 0 Å². The van der Waals surface area contributed by atoms with Gasteiger partial charge in [-0.25, -0.2) is 0 Å². The van der Waals surface area contributed by atoms with Crippen molar-refractivity contribution in [3.8, 4) is 0 Å². The fourth-order valence-electron chi connectivity index (χ4n) is 1.74. The maximum atomic E-state index is 3.49. The highest BCUT2D eigenvalue weighted by Gasteiger charge is 2.00. The molecule has 15 heavy (non-hydrogen) atoms. The van der Waals surface area contributed by atoms with Gasteiger partial charge < -0.3 is 5.32 Å². The van der Waals surface area contributed by atoms with Gasteiger partial charge in [0.2, 0.25) is 0 Å². The molecular weight excluding hydrogens is 182 g/mol. The van der Waals surface area contributed by atoms with E-state index in [1.54, 1.807) is 0 Å². The lowest BCUT2D eigenvalue weighted by Gasteiger charge is -2.10. The first-order valence-corrected chi connectivity index (χ1v) is 5.92. The summed E-state index contributed by atoms with van der Waals surface area (Å²) in [5, 5.41) is 3.49. The normalized spacial score (nSPS) is 10.7. The average molecular weight is 205 g/mol. The van der Waals surface area contributed by atoms with E-state index in [0.29, 0.717) is 0 Å². The molecule has 1 aromatic carbocycles. The lowest BCUT2D eigenvalue weighted by Crippen LogP contribution is -2.15. The third-order valence-corrected chi connectivity index (χ3v) is 2.97. The molecule has 0 fully saturated rings. The van der Waals surface area contributed by atoms with Crippen molar-refractivity contribution in [2.24, 2.45) is 0 Å². The highest BCUT2D eigenvalue weighted by molar-refractivity contribution is 5.36. The topological polar surface area (TPSA) is 12.0 Å². The Morgan fingerprint density at radius 3 is 2.33 bits per heavy atom. The molecule has 1 heteroatoms. The third kappa shape index (κ3) is 3.67. The zero-order valence-electron chi connectivity index (χ0n) is 10.5. The fraction of sp³-hybridized carbons (Fsp3) is 0.571. The molecule has 0 saturated heterocycles. The maximum absolute atomic E-state index is 3.49. The Bertz CT molecular complexity index is 315. The van der Waals surface area contributed by atoms with Gasteiger partial charge in [-0.3, -0.25) is 0 Å². The SMILES string of the molecule is CCCCNCc1cc(C)c(C)cc1C. The second kappa shape index (κ2) is 5.92. The number of benzene rings is 1. The number of rotatable bonds is 5. The number of hydrogen-bond acceptors (Lipinski definition) is 1. The first-order valence-electron chi connectivity index (χ1n) is 5.92. The molecule has 1 aromatic rings. The monoisotopic (exact) mass is 205 g/mol. The maximum Gasteiger partial charge on any atom is 0.0208 e. The summed E-state index contributed by atoms with van der Waals surface area (Å²) >= 11 is 0. The minimum absolute atomic E-state index is 1.01. The molecule has 1 rings (SSSR count). The van der Waals surface area contributed by atoms with Gasteiger partial charge in [0.1, 0.15) is 0 Å². The Morgan fingerprint density at radius 1 is 1.00 bits per heavy atom. The first kappa shape index (κ1) is 12.3. The Kier molecular flexibility index (Phi) is 4.83. The molecule has 84 valence electrons. The van der Waals surface area contributed by atoms with Crippen molar-refractivity contribution in [3.63, 3.8) is 0 Å². The van der Waals surface area contributed by atoms with Gasteiger partial charge in [-0.2, -0.15) is 0 Å². The van der Waals surface area contributed by atoms with Gasteiger partial charge in [0.15, 0.2) is 0 Å². The lowest BCUT2D eigenvalue weighted by atomic mass is 10.0. The highest BCUT2D eigenvalue weighted by atomic mass is 14.8. The predicted octanol–water partition coefficient (Wildman–Crippen LogP) is 3.50. The highest BCUT2D eigenvalue weighted by Crippen LogP contribution is 2.14. The smallest absolute Gasteiger partial charge is 0.0208 e. The van der Waals surface area contributed by atoms with E-state index in [1.807, 2.05) is 0 Å². The molecule has 0 bridgehead atoms. The van der Waals surface area contributed by atoms with Crippen molar-refractivity contribution in [2.75, 3.05) is 6.54 Å². The van der Waals surface area contributed by atoms with Crippen LogP contribution in [0, 0.1) is 20.8 Å². The molecule has 0 unspecified atom stereocenters. The van der Waals surface area contributed by atoms with Crippen LogP contribution in [-0.2, 0) is 6.54 Å². The van der Waals surface area contributed by atoms with Crippen LogP contribution in [0.25, 0.3) is 0 Å². The Hall–Kier alpha value is -0.820. The van der Waals surface area contributed by atoms with E-state index in [1.165, 1.54) is 35.1 Å². The van der Waals surface area contributed by atoms with E-state index in [9.17, 15) is 0 Å². The van der Waals surface area contributed by atoms with Gasteiger partial charge in [-0.1, -0.05) is 25.5 Å². The van der Waals surface area contributed by atoms with Crippen molar-refractivity contribution in [3.05, 3.63) is 34.4 Å². The van der Waals surface area contributed by atoms with Crippen LogP contribution in [0.1, 0.15) is 42.0 Å². The van der Waals surface area contributed by atoms with Crippen LogP contribution in [0.4, 0.5) is 0 Å². The van der Waals surface area contributed by atoms with E-state index >= 15 is 0 Å². The Labute approximate surface area is 93.9 Å². The van der Waals surface area contributed by atoms with E-state index in [4.69, 9.17) is 0 Å². The van der Waals surface area contributed by atoms with Crippen LogP contribution < -0.4 is 5.32 Å². The van der Waals surface area contributed by atoms with E-state index < -0.39 is 0 Å². The molecule has 0 atom stereocenters. The van der Waals surface area contributed by atoms with E-state index in [2.05, 4.69) is 45.1 Å². The van der Waals surface area contributed by atoms with Crippen molar-refractivity contribution in [1.82, 2.24) is 5.32 Å². The van der Waals surface area contributed by atoms with Crippen LogP contribution in [0.15, 0.2) is 12.1 Å². The lowest BCUT2D eigenvalue weighted by molar-refractivity contribution is 0.639. The molecule has 0 heterocycles. The number of aryl methyl sites for hydroxylation is 3. The molecule has 0 aromatic heterocycles. The minimum atomic E-state index is 1.01. The summed E-state index contributed by atoms with van der Waals surface area (Å²) in [6.07, 6.45) is 2.53. The quantitative estimate of drug-likeness (QED) is 0.725. The molecule has 0 spiro atoms. The van der Waals surface area contributed by atoms with Crippen LogP contribution >= 0.6 is 0 Å². The molecule has 0 aliphatic heterocycles. The molecule has 1 nitrogen and oxygen atoms in total. The Balaban J connectivity index is 2.57. The van der Waals surface area contributed by atoms with Gasteiger partial charge >= 0.3 is 0 Å². The summed E-state index contributed by atoms with van der Waals surface area (Å²) < 4.78 is 0. The summed E-state index contributed by atoms with van der Waals surface area (Å²) in [6.45, 7) is 10.9. The number of hydrogen-bond donors (Lipinski definition) is 1. The molecular formula is C14H23N. The van der Waals surface area contributed by atoms with Gasteiger partial charge in [0.05, 0.1) is 0 Å². The van der Waals surface area contributed by atoms with Gasteiger partial charge in [0, 0.05) is 6.54 Å². The van der Waals surface area contributed by atoms with Crippen LogP contribution in [0.2, 0.25) is 0 Å². The van der Waals surface area contributed by atoms with Crippen molar-refractivity contribution in [2.45, 2.75) is 47.1 Å². The summed E-state index contributed by atoms with van der Waals surface area (Å²) in [7, 11) is 0. The molecule has 1 N–H and O–H groups in total. The number of unbranched alkanes of at least 4 members (excludes halogenated alkanes) is 1. The van der Waals surface area contributed by atoms with Crippen molar-refractivity contribution < 1.29 is 0 Å². The molecule has 0 saturated carbocycles. The summed E-state index contributed by atoms with van der Waals surface area (Å²) in [5.41, 5.74) is 5.63. The van der Waals surface area contributed by atoms with Gasteiger partial charge in [-0.15, -0.1) is 0 Å². The third-order valence-electron chi connectivity index (χ3n) is 2.97. The van der Waals surface area contributed by atoms with Gasteiger partial charge in [-0.05, 0) is 56.0 Å². The largest absolute Gasteiger partial charge is 0.313 e. The van der Waals surface area contributed by atoms with Gasteiger partial charge in [0.25, 0.3) is 0 Å². The van der Waals surface area contributed by atoms with Crippen molar-refractivity contribution in [1.29, 1.82) is 0 Å². The van der Waals surface area contributed by atoms with Crippen LogP contribution in [-0.4, -0.2) is 6.54 Å². The Morgan fingerprint density at radius 2 is 1.67 bits per heavy atom. The standard InChI is InChI=1S/C14H23N/c1-5-6-7-15-10-14-9-12(3)11(2)8-13(14)4/h8-9,15H,5-7,10H2,1-4H3. The van der Waals surface area contributed by atoms with E-state index in [-0.39, 0.29) is 0 Å². The van der Waals surface area contributed by atoms with Crippen molar-refractivity contribution >= 4 is 0 Å². The zero-order valence-corrected chi connectivity index (χ0v) is 10.5. The molecule has 0 radical (unpaired) electrons. The average Bonchev–Trinajstić information content (AvgIpc) is 2.20. The predicted molar refractivity (Wildman–Crippen MR) is 67.3 cm³/mol. The second-order valence-corrected chi connectivity index (χ2v) is 4.39. The van der Waals surface area contributed by atoms with Crippen LogP contribution in [0.5, 0.6) is 0 Å². The summed E-state index contributed by atoms with van der Waals surface area (Å²) in [5.74, 6) is 0. The van der Waals surface area contributed by atoms with E-state index in [0.717, 1.165) is 13.1 Å². The zero-order chi connectivity index (χ0) is 11.3. The number of nitrogens with one attached hydrogen (secondary N) is 1. The first-order chi connectivity index (χ1) is 7.15. The molecule has 0 aliphatic carbocycles. The fourth-order valence-corrected chi connectivity index (χ4v) is 1.74. The minimum Gasteiger partial charge on any atom is -0.313 e. The summed E-state index contributed by atoms with van der Waals surface area (Å²) in [4.78, 5) is 0. The second-order valence-electron chi connectivity index (χ2n) is 4.39.